The minimum Gasteiger partial charge on any atom is -0.489 e. The second kappa shape index (κ2) is 11.5. The van der Waals surface area contributed by atoms with Crippen molar-refractivity contribution < 1.29 is 19.0 Å². The zero-order chi connectivity index (χ0) is 23.6. The van der Waals surface area contributed by atoms with Crippen LogP contribution in [0.1, 0.15) is 32.6 Å². The van der Waals surface area contributed by atoms with Crippen molar-refractivity contribution in [3.8, 4) is 17.2 Å². The first-order valence-electron chi connectivity index (χ1n) is 11.0. The Labute approximate surface area is 200 Å². The molecule has 0 atom stereocenters. The highest BCUT2D eigenvalue weighted by Crippen LogP contribution is 2.19. The maximum atomic E-state index is 10.7. The summed E-state index contributed by atoms with van der Waals surface area (Å²) in [7, 11) is 0. The van der Waals surface area contributed by atoms with Gasteiger partial charge in [-0.05, 0) is 70.8 Å². The van der Waals surface area contributed by atoms with Crippen LogP contribution in [-0.4, -0.2) is 6.29 Å². The summed E-state index contributed by atoms with van der Waals surface area (Å²) in [4.78, 5) is 10.7. The van der Waals surface area contributed by atoms with Gasteiger partial charge in [-0.3, -0.25) is 4.79 Å². The molecular weight excluding hydrogens is 424 g/mol. The molecule has 0 amide bonds. The molecule has 4 aromatic rings. The van der Waals surface area contributed by atoms with Gasteiger partial charge in [0.15, 0.2) is 0 Å². The number of carbonyl (C=O) groups is 1. The van der Waals surface area contributed by atoms with E-state index in [4.69, 9.17) is 14.2 Å². The van der Waals surface area contributed by atoms with Gasteiger partial charge in [0.05, 0.1) is 0 Å². The maximum absolute atomic E-state index is 10.7. The standard InChI is InChI=1S/C30H26O4/c1-2-23-3-5-25(6-4-23)20-32-29-15-9-27(10-16-29)22-34-30-17-11-26(12-18-30)21-33-28-13-7-24(19-31)8-14-28/h2-19H,1,20-22H2. The van der Waals surface area contributed by atoms with Crippen LogP contribution in [0.2, 0.25) is 0 Å². The van der Waals surface area contributed by atoms with Gasteiger partial charge in [-0.2, -0.15) is 0 Å². The number of carbonyl (C=O) groups excluding carboxylic acids is 1. The molecule has 0 fully saturated rings. The summed E-state index contributed by atoms with van der Waals surface area (Å²) in [6, 6.07) is 31.0. The molecule has 4 rings (SSSR count). The highest BCUT2D eigenvalue weighted by Gasteiger charge is 2.01. The van der Waals surface area contributed by atoms with E-state index in [1.807, 2.05) is 78.9 Å². The first-order valence-corrected chi connectivity index (χ1v) is 11.0. The quantitative estimate of drug-likeness (QED) is 0.234. The highest BCUT2D eigenvalue weighted by atomic mass is 16.5. The van der Waals surface area contributed by atoms with Gasteiger partial charge in [0.2, 0.25) is 0 Å². The summed E-state index contributed by atoms with van der Waals surface area (Å²) >= 11 is 0. The molecule has 0 radical (unpaired) electrons. The summed E-state index contributed by atoms with van der Waals surface area (Å²) in [5, 5.41) is 0. The third-order valence-electron chi connectivity index (χ3n) is 5.29. The lowest BCUT2D eigenvalue weighted by Gasteiger charge is -2.10. The summed E-state index contributed by atoms with van der Waals surface area (Å²) in [6.45, 7) is 5.21. The van der Waals surface area contributed by atoms with Crippen LogP contribution >= 0.6 is 0 Å². The number of aldehydes is 1. The van der Waals surface area contributed by atoms with E-state index in [1.165, 1.54) is 0 Å². The molecule has 0 aliphatic rings. The van der Waals surface area contributed by atoms with Crippen LogP contribution in [-0.2, 0) is 19.8 Å². The average molecular weight is 451 g/mol. The SMILES string of the molecule is C=Cc1ccc(COc2ccc(COc3ccc(COc4ccc(C=O)cc4)cc3)cc2)cc1. The molecule has 170 valence electrons. The predicted octanol–water partition coefficient (Wildman–Crippen LogP) is 6.88. The molecule has 0 bridgehead atoms. The number of benzene rings is 4. The Morgan fingerprint density at radius 3 is 1.18 bits per heavy atom. The van der Waals surface area contributed by atoms with Gasteiger partial charge < -0.3 is 14.2 Å². The number of hydrogen-bond acceptors (Lipinski definition) is 4. The zero-order valence-corrected chi connectivity index (χ0v) is 18.9. The first kappa shape index (κ1) is 22.9. The normalized spacial score (nSPS) is 10.4. The largest absolute Gasteiger partial charge is 0.489 e. The Hall–Kier alpha value is -4.31. The van der Waals surface area contributed by atoms with Crippen LogP contribution in [0, 0.1) is 0 Å². The van der Waals surface area contributed by atoms with Gasteiger partial charge in [0.1, 0.15) is 43.4 Å². The average Bonchev–Trinajstić information content (AvgIpc) is 2.91. The predicted molar refractivity (Wildman–Crippen MR) is 134 cm³/mol. The summed E-state index contributed by atoms with van der Waals surface area (Å²) < 4.78 is 17.5. The number of hydrogen-bond donors (Lipinski definition) is 0. The van der Waals surface area contributed by atoms with Gasteiger partial charge in [-0.1, -0.05) is 61.2 Å². The highest BCUT2D eigenvalue weighted by molar-refractivity contribution is 5.74. The van der Waals surface area contributed by atoms with Crippen LogP contribution in [0.3, 0.4) is 0 Å². The maximum Gasteiger partial charge on any atom is 0.150 e. The van der Waals surface area contributed by atoms with E-state index in [0.29, 0.717) is 25.4 Å². The molecule has 0 heterocycles. The van der Waals surface area contributed by atoms with E-state index < -0.39 is 0 Å². The van der Waals surface area contributed by atoms with Gasteiger partial charge in [-0.25, -0.2) is 0 Å². The lowest BCUT2D eigenvalue weighted by atomic mass is 10.1. The second-order valence-electron chi connectivity index (χ2n) is 7.79. The van der Waals surface area contributed by atoms with Crippen LogP contribution in [0.4, 0.5) is 0 Å². The number of ether oxygens (including phenoxy) is 3. The van der Waals surface area contributed by atoms with E-state index in [2.05, 4.69) is 6.58 Å². The molecule has 0 aliphatic carbocycles. The summed E-state index contributed by atoms with van der Waals surface area (Å²) in [5.74, 6) is 2.34. The van der Waals surface area contributed by atoms with Crippen molar-refractivity contribution in [2.24, 2.45) is 0 Å². The zero-order valence-electron chi connectivity index (χ0n) is 18.9. The molecule has 0 N–H and O–H groups in total. The Bertz CT molecular complexity index is 1090. The van der Waals surface area contributed by atoms with Crippen molar-refractivity contribution in [1.29, 1.82) is 0 Å². The van der Waals surface area contributed by atoms with Crippen LogP contribution in [0.25, 0.3) is 6.08 Å². The van der Waals surface area contributed by atoms with Crippen molar-refractivity contribution in [1.82, 2.24) is 0 Å². The van der Waals surface area contributed by atoms with Crippen molar-refractivity contribution in [3.63, 3.8) is 0 Å². The molecule has 4 aromatic carbocycles. The summed E-state index contributed by atoms with van der Waals surface area (Å²) in [5.41, 5.74) is 4.94. The molecule has 0 saturated heterocycles. The van der Waals surface area contributed by atoms with E-state index in [-0.39, 0.29) is 0 Å². The second-order valence-corrected chi connectivity index (χ2v) is 7.79. The van der Waals surface area contributed by atoms with Crippen LogP contribution in [0.15, 0.2) is 104 Å². The molecule has 0 aromatic heterocycles. The molecule has 0 aliphatic heterocycles. The fraction of sp³-hybridized carbons (Fsp3) is 0.100. The monoisotopic (exact) mass is 450 g/mol. The Balaban J connectivity index is 1.21. The van der Waals surface area contributed by atoms with E-state index in [1.54, 1.807) is 24.3 Å². The third kappa shape index (κ3) is 6.59. The van der Waals surface area contributed by atoms with Gasteiger partial charge in [0, 0.05) is 5.56 Å². The molecule has 4 heteroatoms. The molecule has 0 unspecified atom stereocenters. The molecule has 4 nitrogen and oxygen atoms in total. The van der Waals surface area contributed by atoms with Crippen molar-refractivity contribution in [3.05, 3.63) is 131 Å². The minimum absolute atomic E-state index is 0.445. The summed E-state index contributed by atoms with van der Waals surface area (Å²) in [6.07, 6.45) is 2.64. The first-order chi connectivity index (χ1) is 16.7. The fourth-order valence-corrected chi connectivity index (χ4v) is 3.26. The third-order valence-corrected chi connectivity index (χ3v) is 5.29. The fourth-order valence-electron chi connectivity index (χ4n) is 3.26. The van der Waals surface area contributed by atoms with E-state index in [0.717, 1.165) is 45.8 Å². The lowest BCUT2D eigenvalue weighted by Crippen LogP contribution is -1.98. The topological polar surface area (TPSA) is 44.8 Å². The van der Waals surface area contributed by atoms with Crippen molar-refractivity contribution in [2.75, 3.05) is 0 Å². The molecule has 34 heavy (non-hydrogen) atoms. The van der Waals surface area contributed by atoms with Crippen LogP contribution in [0.5, 0.6) is 17.2 Å². The Morgan fingerprint density at radius 1 is 0.500 bits per heavy atom. The number of rotatable bonds is 11. The van der Waals surface area contributed by atoms with Gasteiger partial charge >= 0.3 is 0 Å². The van der Waals surface area contributed by atoms with Gasteiger partial charge in [-0.15, -0.1) is 0 Å². The molecular formula is C30H26O4. The van der Waals surface area contributed by atoms with Crippen molar-refractivity contribution >= 4 is 12.4 Å². The molecule has 0 spiro atoms. The Kier molecular flexibility index (Phi) is 7.75. The molecule has 0 saturated carbocycles. The smallest absolute Gasteiger partial charge is 0.150 e. The van der Waals surface area contributed by atoms with Gasteiger partial charge in [0.25, 0.3) is 0 Å². The Morgan fingerprint density at radius 2 is 0.824 bits per heavy atom. The van der Waals surface area contributed by atoms with E-state index >= 15 is 0 Å². The lowest BCUT2D eigenvalue weighted by molar-refractivity contribution is 0.112. The van der Waals surface area contributed by atoms with Crippen molar-refractivity contribution in [2.45, 2.75) is 19.8 Å². The van der Waals surface area contributed by atoms with Crippen LogP contribution < -0.4 is 14.2 Å². The minimum atomic E-state index is 0.445. The van der Waals surface area contributed by atoms with E-state index in [9.17, 15) is 4.79 Å².